The highest BCUT2D eigenvalue weighted by Crippen LogP contribution is 2.25. The number of nitrogens with zero attached hydrogens (tertiary/aromatic N) is 4. The third-order valence-electron chi connectivity index (χ3n) is 4.89. The average Bonchev–Trinajstić information content (AvgIpc) is 2.74. The van der Waals surface area contributed by atoms with Gasteiger partial charge in [0.05, 0.1) is 0 Å². The molecule has 1 aliphatic heterocycles. The molecule has 1 N–H and O–H groups in total. The number of rotatable bonds is 4. The number of benzene rings is 2. The van der Waals surface area contributed by atoms with Crippen molar-refractivity contribution >= 4 is 23.2 Å². The van der Waals surface area contributed by atoms with Gasteiger partial charge in [0.25, 0.3) is 0 Å². The maximum absolute atomic E-state index is 13.6. The molecule has 1 amide bonds. The second-order valence-corrected chi connectivity index (χ2v) is 6.93. The largest absolute Gasteiger partial charge is 0.353 e. The highest BCUT2D eigenvalue weighted by molar-refractivity contribution is 5.73. The van der Waals surface area contributed by atoms with Gasteiger partial charge in [-0.15, -0.1) is 0 Å². The minimum Gasteiger partial charge on any atom is -0.353 e. The van der Waals surface area contributed by atoms with Gasteiger partial charge in [-0.2, -0.15) is 0 Å². The molecule has 0 radical (unpaired) electrons. The van der Waals surface area contributed by atoms with Crippen LogP contribution in [0.25, 0.3) is 11.4 Å². The number of anilines is 3. The Bertz CT molecular complexity index is 1000. The quantitative estimate of drug-likeness (QED) is 0.735. The minimum atomic E-state index is -0.312. The molecule has 1 fully saturated rings. The van der Waals surface area contributed by atoms with Crippen LogP contribution in [-0.2, 0) is 4.79 Å². The van der Waals surface area contributed by atoms with Crippen molar-refractivity contribution in [3.63, 3.8) is 0 Å². The number of amides is 1. The lowest BCUT2D eigenvalue weighted by Gasteiger charge is -2.35. The van der Waals surface area contributed by atoms with Crippen LogP contribution in [0.5, 0.6) is 0 Å². The Morgan fingerprint density at radius 3 is 2.41 bits per heavy atom. The van der Waals surface area contributed by atoms with Gasteiger partial charge in [0.1, 0.15) is 17.5 Å². The van der Waals surface area contributed by atoms with Crippen LogP contribution in [-0.4, -0.2) is 47.0 Å². The van der Waals surface area contributed by atoms with Gasteiger partial charge < -0.3 is 15.1 Å². The Morgan fingerprint density at radius 1 is 0.966 bits per heavy atom. The molecule has 29 heavy (non-hydrogen) atoms. The van der Waals surface area contributed by atoms with Gasteiger partial charge in [-0.1, -0.05) is 36.4 Å². The van der Waals surface area contributed by atoms with Gasteiger partial charge in [-0.3, -0.25) is 4.79 Å². The minimum absolute atomic E-state index is 0.0887. The van der Waals surface area contributed by atoms with Crippen LogP contribution in [0, 0.1) is 5.82 Å². The van der Waals surface area contributed by atoms with Crippen molar-refractivity contribution in [3.8, 4) is 11.4 Å². The predicted molar refractivity (Wildman–Crippen MR) is 112 cm³/mol. The smallest absolute Gasteiger partial charge is 0.219 e. The SMILES string of the molecule is CC(=O)N1CCN(c2cc(Nc3cccc(F)c3)nc(-c3ccccc3)n2)CC1. The zero-order chi connectivity index (χ0) is 20.2. The molecule has 0 unspecified atom stereocenters. The molecule has 2 heterocycles. The lowest BCUT2D eigenvalue weighted by atomic mass is 10.2. The highest BCUT2D eigenvalue weighted by Gasteiger charge is 2.21. The van der Waals surface area contributed by atoms with Crippen molar-refractivity contribution in [1.82, 2.24) is 14.9 Å². The molecule has 0 atom stereocenters. The second-order valence-electron chi connectivity index (χ2n) is 6.93. The number of carbonyl (C=O) groups excluding carboxylic acids is 1. The summed E-state index contributed by atoms with van der Waals surface area (Å²) < 4.78 is 13.6. The molecule has 0 bridgehead atoms. The van der Waals surface area contributed by atoms with Crippen molar-refractivity contribution in [2.45, 2.75) is 6.92 Å². The predicted octanol–water partition coefficient (Wildman–Crippen LogP) is 3.69. The van der Waals surface area contributed by atoms with Crippen molar-refractivity contribution in [3.05, 3.63) is 66.5 Å². The third-order valence-corrected chi connectivity index (χ3v) is 4.89. The first-order valence-corrected chi connectivity index (χ1v) is 9.56. The molecule has 1 aromatic heterocycles. The Morgan fingerprint density at radius 2 is 1.72 bits per heavy atom. The molecule has 2 aromatic carbocycles. The van der Waals surface area contributed by atoms with Crippen molar-refractivity contribution in [2.24, 2.45) is 0 Å². The zero-order valence-corrected chi connectivity index (χ0v) is 16.2. The lowest BCUT2D eigenvalue weighted by molar-refractivity contribution is -0.129. The van der Waals surface area contributed by atoms with E-state index < -0.39 is 0 Å². The number of halogens is 1. The molecule has 0 spiro atoms. The fourth-order valence-electron chi connectivity index (χ4n) is 3.34. The molecule has 7 heteroatoms. The molecule has 148 valence electrons. The molecular weight excluding hydrogens is 369 g/mol. The maximum atomic E-state index is 13.6. The van der Waals surface area contributed by atoms with Crippen LogP contribution >= 0.6 is 0 Å². The first-order chi connectivity index (χ1) is 14.1. The first kappa shape index (κ1) is 18.9. The second kappa shape index (κ2) is 8.26. The van der Waals surface area contributed by atoms with E-state index in [4.69, 9.17) is 4.98 Å². The molecule has 0 saturated carbocycles. The standard InChI is InChI=1S/C22H22FN5O/c1-16(29)27-10-12-28(13-11-27)21-15-20(24-19-9-5-8-18(23)14-19)25-22(26-21)17-6-3-2-4-7-17/h2-9,14-15H,10-13H2,1H3,(H,24,25,26). The summed E-state index contributed by atoms with van der Waals surface area (Å²) in [6, 6.07) is 17.9. The third kappa shape index (κ3) is 4.51. The topological polar surface area (TPSA) is 61.4 Å². The number of hydrogen-bond donors (Lipinski definition) is 1. The van der Waals surface area contributed by atoms with Crippen LogP contribution in [0.2, 0.25) is 0 Å². The normalized spacial score (nSPS) is 14.0. The lowest BCUT2D eigenvalue weighted by Crippen LogP contribution is -2.48. The van der Waals surface area contributed by atoms with Crippen LogP contribution in [0.3, 0.4) is 0 Å². The van der Waals surface area contributed by atoms with E-state index in [1.807, 2.05) is 41.3 Å². The van der Waals surface area contributed by atoms with Gasteiger partial charge in [-0.25, -0.2) is 14.4 Å². The summed E-state index contributed by atoms with van der Waals surface area (Å²) in [6.07, 6.45) is 0. The van der Waals surface area contributed by atoms with E-state index in [2.05, 4.69) is 15.2 Å². The summed E-state index contributed by atoms with van der Waals surface area (Å²) in [5.41, 5.74) is 1.52. The van der Waals surface area contributed by atoms with Gasteiger partial charge in [-0.05, 0) is 18.2 Å². The average molecular weight is 391 g/mol. The number of aromatic nitrogens is 2. The van der Waals surface area contributed by atoms with Crippen molar-refractivity contribution in [1.29, 1.82) is 0 Å². The molecule has 4 rings (SSSR count). The first-order valence-electron chi connectivity index (χ1n) is 9.56. The summed E-state index contributed by atoms with van der Waals surface area (Å²) >= 11 is 0. The van der Waals surface area contributed by atoms with Crippen LogP contribution < -0.4 is 10.2 Å². The van der Waals surface area contributed by atoms with Gasteiger partial charge in [0.2, 0.25) is 5.91 Å². The van der Waals surface area contributed by atoms with E-state index in [1.165, 1.54) is 12.1 Å². The Hall–Kier alpha value is -3.48. The van der Waals surface area contributed by atoms with Crippen LogP contribution in [0.15, 0.2) is 60.7 Å². The summed E-state index contributed by atoms with van der Waals surface area (Å²) in [4.78, 5) is 25.0. The Kier molecular flexibility index (Phi) is 5.37. The van der Waals surface area contributed by atoms with Gasteiger partial charge in [0.15, 0.2) is 5.82 Å². The van der Waals surface area contributed by atoms with E-state index in [1.54, 1.807) is 19.1 Å². The van der Waals surface area contributed by atoms with E-state index in [9.17, 15) is 9.18 Å². The van der Waals surface area contributed by atoms with E-state index >= 15 is 0 Å². The molecule has 1 aliphatic rings. The van der Waals surface area contributed by atoms with Crippen molar-refractivity contribution < 1.29 is 9.18 Å². The van der Waals surface area contributed by atoms with E-state index in [0.717, 1.165) is 11.4 Å². The summed E-state index contributed by atoms with van der Waals surface area (Å²) in [6.45, 7) is 4.31. The summed E-state index contributed by atoms with van der Waals surface area (Å²) in [5, 5.41) is 3.18. The molecule has 3 aromatic rings. The Labute approximate surface area is 169 Å². The van der Waals surface area contributed by atoms with Gasteiger partial charge >= 0.3 is 0 Å². The van der Waals surface area contributed by atoms with E-state index in [0.29, 0.717) is 43.5 Å². The van der Waals surface area contributed by atoms with Gasteiger partial charge in [0, 0.05) is 50.4 Å². The maximum Gasteiger partial charge on any atom is 0.219 e. The number of hydrogen-bond acceptors (Lipinski definition) is 5. The number of piperazine rings is 1. The fourth-order valence-corrected chi connectivity index (χ4v) is 3.34. The molecule has 0 aliphatic carbocycles. The molecule has 1 saturated heterocycles. The summed E-state index contributed by atoms with van der Waals surface area (Å²) in [7, 11) is 0. The zero-order valence-electron chi connectivity index (χ0n) is 16.2. The molecular formula is C22H22FN5O. The van der Waals surface area contributed by atoms with Crippen LogP contribution in [0.4, 0.5) is 21.7 Å². The number of carbonyl (C=O) groups is 1. The Balaban J connectivity index is 1.66. The van der Waals surface area contributed by atoms with Crippen molar-refractivity contribution in [2.75, 3.05) is 36.4 Å². The number of nitrogens with one attached hydrogen (secondary N) is 1. The van der Waals surface area contributed by atoms with E-state index in [-0.39, 0.29) is 11.7 Å². The fraction of sp³-hybridized carbons (Fsp3) is 0.227. The monoisotopic (exact) mass is 391 g/mol. The molecule has 6 nitrogen and oxygen atoms in total. The van der Waals surface area contributed by atoms with Crippen LogP contribution in [0.1, 0.15) is 6.92 Å². The highest BCUT2D eigenvalue weighted by atomic mass is 19.1. The summed E-state index contributed by atoms with van der Waals surface area (Å²) in [5.74, 6) is 1.74.